The maximum atomic E-state index is 12.5. The lowest BCUT2D eigenvalue weighted by molar-refractivity contribution is -0.393. The van der Waals surface area contributed by atoms with Gasteiger partial charge in [-0.1, -0.05) is 29.3 Å². The first kappa shape index (κ1) is 22.0. The summed E-state index contributed by atoms with van der Waals surface area (Å²) in [6, 6.07) is 9.18. The minimum Gasteiger partial charge on any atom is -0.258 e. The fourth-order valence-corrected chi connectivity index (χ4v) is 3.81. The van der Waals surface area contributed by atoms with Crippen LogP contribution in [0, 0.1) is 27.2 Å². The lowest BCUT2D eigenvalue weighted by atomic mass is 10.1. The Kier molecular flexibility index (Phi) is 6.09. The van der Waals surface area contributed by atoms with Crippen molar-refractivity contribution in [3.05, 3.63) is 91.5 Å². The second kappa shape index (κ2) is 8.58. The molecule has 31 heavy (non-hydrogen) atoms. The van der Waals surface area contributed by atoms with Gasteiger partial charge in [-0.05, 0) is 43.4 Å². The van der Waals surface area contributed by atoms with Crippen LogP contribution in [0.2, 0.25) is 0 Å². The van der Waals surface area contributed by atoms with Crippen LogP contribution >= 0.6 is 11.6 Å². The predicted octanol–water partition coefficient (Wildman–Crippen LogP) is 4.41. The lowest BCUT2D eigenvalue weighted by Crippen LogP contribution is -2.08. The third-order valence-electron chi connectivity index (χ3n) is 4.08. The van der Waals surface area contributed by atoms with Crippen molar-refractivity contribution in [3.8, 4) is 0 Å². The standard InChI is InChI=1S/C19H13ClN4O6S/c1-12-2-6-15(7-3-12)31(29,30)22-17-8-4-13(10-16(17)20)21-18-9-5-14(23(25)26)11-19(18)24(27)28/h2-11H,1H3/b21-13?,22-17-. The summed E-state index contributed by atoms with van der Waals surface area (Å²) in [5.41, 5.74) is -0.0832. The number of non-ortho nitro benzene ring substituents is 1. The van der Waals surface area contributed by atoms with Gasteiger partial charge in [-0.2, -0.15) is 12.8 Å². The van der Waals surface area contributed by atoms with E-state index in [0.29, 0.717) is 0 Å². The van der Waals surface area contributed by atoms with E-state index in [2.05, 4.69) is 9.39 Å². The molecular formula is C19H13ClN4O6S. The molecule has 0 fully saturated rings. The summed E-state index contributed by atoms with van der Waals surface area (Å²) in [5, 5.41) is 22.0. The molecule has 12 heteroatoms. The van der Waals surface area contributed by atoms with Crippen molar-refractivity contribution in [2.45, 2.75) is 11.8 Å². The Morgan fingerprint density at radius 1 is 0.968 bits per heavy atom. The van der Waals surface area contributed by atoms with E-state index in [0.717, 1.165) is 23.8 Å². The van der Waals surface area contributed by atoms with Crippen LogP contribution in [0.1, 0.15) is 5.56 Å². The van der Waals surface area contributed by atoms with Crippen molar-refractivity contribution in [1.82, 2.24) is 0 Å². The van der Waals surface area contributed by atoms with E-state index >= 15 is 0 Å². The summed E-state index contributed by atoms with van der Waals surface area (Å²) in [6.45, 7) is 1.82. The van der Waals surface area contributed by atoms with Crippen LogP contribution in [-0.2, 0) is 10.0 Å². The Morgan fingerprint density at radius 3 is 2.23 bits per heavy atom. The third kappa shape index (κ3) is 5.08. The van der Waals surface area contributed by atoms with Crippen molar-refractivity contribution in [1.29, 1.82) is 0 Å². The van der Waals surface area contributed by atoms with Crippen molar-refractivity contribution in [2.75, 3.05) is 0 Å². The Morgan fingerprint density at radius 2 is 1.65 bits per heavy atom. The van der Waals surface area contributed by atoms with Gasteiger partial charge in [0.2, 0.25) is 0 Å². The van der Waals surface area contributed by atoms with Crippen LogP contribution < -0.4 is 0 Å². The Labute approximate surface area is 181 Å². The van der Waals surface area contributed by atoms with Crippen LogP contribution in [0.25, 0.3) is 0 Å². The quantitative estimate of drug-likeness (QED) is 0.367. The molecule has 0 heterocycles. The van der Waals surface area contributed by atoms with E-state index < -0.39 is 31.2 Å². The van der Waals surface area contributed by atoms with Crippen molar-refractivity contribution in [3.63, 3.8) is 0 Å². The molecule has 1 aliphatic rings. The number of hydrogen-bond acceptors (Lipinski definition) is 7. The summed E-state index contributed by atoms with van der Waals surface area (Å²) in [5.74, 6) is 0. The molecule has 0 unspecified atom stereocenters. The Hall–Kier alpha value is -3.70. The smallest absolute Gasteiger partial charge is 0.258 e. The largest absolute Gasteiger partial charge is 0.301 e. The minimum absolute atomic E-state index is 0.00411. The molecule has 3 rings (SSSR count). The monoisotopic (exact) mass is 460 g/mol. The van der Waals surface area contributed by atoms with Gasteiger partial charge in [-0.3, -0.25) is 20.2 Å². The molecule has 0 spiro atoms. The fraction of sp³-hybridized carbons (Fsp3) is 0.0526. The highest BCUT2D eigenvalue weighted by Gasteiger charge is 2.21. The van der Waals surface area contributed by atoms with E-state index in [1.165, 1.54) is 30.4 Å². The van der Waals surface area contributed by atoms with Crippen molar-refractivity contribution >= 4 is 50.1 Å². The molecule has 0 aromatic heterocycles. The molecule has 158 valence electrons. The number of nitro groups is 2. The number of allylic oxidation sites excluding steroid dienone is 4. The molecule has 0 radical (unpaired) electrons. The highest BCUT2D eigenvalue weighted by Crippen LogP contribution is 2.32. The van der Waals surface area contributed by atoms with Gasteiger partial charge >= 0.3 is 5.69 Å². The van der Waals surface area contributed by atoms with Crippen molar-refractivity contribution < 1.29 is 18.3 Å². The molecule has 0 atom stereocenters. The number of rotatable bonds is 5. The molecule has 0 N–H and O–H groups in total. The maximum absolute atomic E-state index is 12.5. The average Bonchev–Trinajstić information content (AvgIpc) is 2.70. The molecule has 0 amide bonds. The zero-order valence-electron chi connectivity index (χ0n) is 15.8. The first-order valence-corrected chi connectivity index (χ1v) is 10.4. The zero-order valence-corrected chi connectivity index (χ0v) is 17.4. The number of halogens is 1. The summed E-state index contributed by atoms with van der Waals surface area (Å²) in [4.78, 5) is 24.6. The lowest BCUT2D eigenvalue weighted by Gasteiger charge is -2.08. The van der Waals surface area contributed by atoms with Gasteiger partial charge in [0.05, 0.1) is 37.3 Å². The Bertz CT molecular complexity index is 1310. The second-order valence-corrected chi connectivity index (χ2v) is 8.33. The fourth-order valence-electron chi connectivity index (χ4n) is 2.54. The van der Waals surface area contributed by atoms with Gasteiger partial charge in [0, 0.05) is 6.07 Å². The Balaban J connectivity index is 1.94. The zero-order chi connectivity index (χ0) is 22.8. The second-order valence-electron chi connectivity index (χ2n) is 6.31. The molecule has 0 aliphatic heterocycles. The number of nitro benzene ring substituents is 2. The number of benzene rings is 2. The third-order valence-corrected chi connectivity index (χ3v) is 5.69. The van der Waals surface area contributed by atoms with Crippen LogP contribution in [-0.4, -0.2) is 29.7 Å². The number of sulfonamides is 1. The van der Waals surface area contributed by atoms with E-state index in [9.17, 15) is 28.6 Å². The molecule has 0 saturated carbocycles. The van der Waals surface area contributed by atoms with Crippen LogP contribution in [0.4, 0.5) is 17.1 Å². The molecule has 1 aliphatic carbocycles. The van der Waals surface area contributed by atoms with E-state index in [1.54, 1.807) is 12.1 Å². The summed E-state index contributed by atoms with van der Waals surface area (Å²) < 4.78 is 28.7. The molecule has 2 aromatic rings. The van der Waals surface area contributed by atoms with E-state index in [-0.39, 0.29) is 27.0 Å². The summed E-state index contributed by atoms with van der Waals surface area (Å²) in [6.07, 6.45) is 3.97. The van der Waals surface area contributed by atoms with Gasteiger partial charge in [0.25, 0.3) is 15.7 Å². The molecule has 0 bridgehead atoms. The van der Waals surface area contributed by atoms with Gasteiger partial charge in [0.15, 0.2) is 0 Å². The first-order valence-electron chi connectivity index (χ1n) is 8.55. The summed E-state index contributed by atoms with van der Waals surface area (Å²) in [7, 11) is -4.00. The van der Waals surface area contributed by atoms with Crippen LogP contribution in [0.5, 0.6) is 0 Å². The number of hydrogen-bond donors (Lipinski definition) is 0. The van der Waals surface area contributed by atoms with Gasteiger partial charge < -0.3 is 0 Å². The normalized spacial score (nSPS) is 16.4. The number of aliphatic imine (C=N–C) groups is 1. The van der Waals surface area contributed by atoms with E-state index in [4.69, 9.17) is 11.6 Å². The number of nitrogens with zero attached hydrogens (tertiary/aromatic N) is 4. The maximum Gasteiger partial charge on any atom is 0.301 e. The number of aryl methyl sites for hydroxylation is 1. The topological polar surface area (TPSA) is 145 Å². The molecular weight excluding hydrogens is 448 g/mol. The van der Waals surface area contributed by atoms with Crippen molar-refractivity contribution in [2.24, 2.45) is 9.39 Å². The van der Waals surface area contributed by atoms with Gasteiger partial charge in [-0.15, -0.1) is 0 Å². The summed E-state index contributed by atoms with van der Waals surface area (Å²) >= 11 is 6.14. The molecule has 0 saturated heterocycles. The van der Waals surface area contributed by atoms with Gasteiger partial charge in [0.1, 0.15) is 5.69 Å². The van der Waals surface area contributed by atoms with Gasteiger partial charge in [-0.25, -0.2) is 4.99 Å². The highest BCUT2D eigenvalue weighted by atomic mass is 35.5. The van der Waals surface area contributed by atoms with Crippen LogP contribution in [0.15, 0.2) is 80.0 Å². The SMILES string of the molecule is Cc1ccc(S(=O)(=O)/N=C2/C=CC(=Nc3ccc([N+](=O)[O-])cc3[N+](=O)[O-])C=C2Cl)cc1. The molecule has 2 aromatic carbocycles. The van der Waals surface area contributed by atoms with Crippen LogP contribution in [0.3, 0.4) is 0 Å². The van der Waals surface area contributed by atoms with E-state index in [1.807, 2.05) is 6.92 Å². The first-order chi connectivity index (χ1) is 14.6. The highest BCUT2D eigenvalue weighted by molar-refractivity contribution is 7.90. The predicted molar refractivity (Wildman–Crippen MR) is 116 cm³/mol. The minimum atomic E-state index is -4.00. The molecule has 10 nitrogen and oxygen atoms in total. The average molecular weight is 461 g/mol.